The zero-order chi connectivity index (χ0) is 14.0. The first-order valence-corrected chi connectivity index (χ1v) is 6.73. The topological polar surface area (TPSA) is 59.4 Å². The summed E-state index contributed by atoms with van der Waals surface area (Å²) in [5.41, 5.74) is 2.82. The molecule has 0 fully saturated rings. The van der Waals surface area contributed by atoms with Gasteiger partial charge in [-0.05, 0) is 44.0 Å². The molecule has 1 heterocycles. The fourth-order valence-corrected chi connectivity index (χ4v) is 2.52. The van der Waals surface area contributed by atoms with E-state index in [1.807, 2.05) is 26.2 Å². The van der Waals surface area contributed by atoms with Crippen LogP contribution in [0.25, 0.3) is 0 Å². The Bertz CT molecular complexity index is 596. The Labute approximate surface area is 115 Å². The molecule has 0 amide bonds. The van der Waals surface area contributed by atoms with Crippen molar-refractivity contribution in [3.05, 3.63) is 44.9 Å². The molecule has 0 aliphatic carbocycles. The number of carboxylic acids is 1. The highest BCUT2D eigenvalue weighted by Gasteiger charge is 2.11. The number of aryl methyl sites for hydroxylation is 3. The van der Waals surface area contributed by atoms with Gasteiger partial charge in [-0.15, -0.1) is 11.3 Å². The van der Waals surface area contributed by atoms with E-state index in [4.69, 9.17) is 9.84 Å². The van der Waals surface area contributed by atoms with Crippen LogP contribution in [0, 0.1) is 20.8 Å². The molecule has 2 rings (SSSR count). The van der Waals surface area contributed by atoms with Gasteiger partial charge in [0.2, 0.25) is 0 Å². The van der Waals surface area contributed by atoms with Gasteiger partial charge in [-0.25, -0.2) is 9.78 Å². The molecule has 100 valence electrons. The van der Waals surface area contributed by atoms with Crippen LogP contribution in [0.15, 0.2) is 17.5 Å². The number of hydrogen-bond acceptors (Lipinski definition) is 4. The minimum Gasteiger partial charge on any atom is -0.487 e. The van der Waals surface area contributed by atoms with Gasteiger partial charge in [0.25, 0.3) is 0 Å². The quantitative estimate of drug-likeness (QED) is 0.931. The Kier molecular flexibility index (Phi) is 3.85. The van der Waals surface area contributed by atoms with E-state index in [1.54, 1.807) is 23.5 Å². The lowest BCUT2D eigenvalue weighted by atomic mass is 10.1. The highest BCUT2D eigenvalue weighted by molar-refractivity contribution is 7.09. The van der Waals surface area contributed by atoms with Gasteiger partial charge in [0.1, 0.15) is 12.4 Å². The second-order valence-electron chi connectivity index (χ2n) is 4.39. The van der Waals surface area contributed by atoms with Gasteiger partial charge in [0, 0.05) is 5.38 Å². The van der Waals surface area contributed by atoms with Crippen molar-refractivity contribution in [3.63, 3.8) is 0 Å². The van der Waals surface area contributed by atoms with Crippen LogP contribution in [-0.2, 0) is 6.61 Å². The number of nitrogens with zero attached hydrogens (tertiary/aromatic N) is 1. The number of aromatic nitrogens is 1. The van der Waals surface area contributed by atoms with Crippen LogP contribution >= 0.6 is 11.3 Å². The molecule has 0 spiro atoms. The Morgan fingerprint density at radius 3 is 2.42 bits per heavy atom. The van der Waals surface area contributed by atoms with Crippen molar-refractivity contribution >= 4 is 17.3 Å². The number of thiazole rings is 1. The normalized spacial score (nSPS) is 10.5. The number of ether oxygens (including phenoxy) is 1. The summed E-state index contributed by atoms with van der Waals surface area (Å²) in [6, 6.07) is 3.24. The van der Waals surface area contributed by atoms with Gasteiger partial charge in [-0.3, -0.25) is 0 Å². The molecular formula is C14H15NO3S. The lowest BCUT2D eigenvalue weighted by Gasteiger charge is -2.12. The van der Waals surface area contributed by atoms with Crippen LogP contribution in [-0.4, -0.2) is 16.1 Å². The highest BCUT2D eigenvalue weighted by Crippen LogP contribution is 2.26. The third-order valence-electron chi connectivity index (χ3n) is 2.74. The summed E-state index contributed by atoms with van der Waals surface area (Å²) in [4.78, 5) is 15.3. The molecule has 0 bridgehead atoms. The third-order valence-corrected chi connectivity index (χ3v) is 3.56. The lowest BCUT2D eigenvalue weighted by Crippen LogP contribution is -2.03. The number of benzene rings is 1. The first-order valence-electron chi connectivity index (χ1n) is 5.85. The van der Waals surface area contributed by atoms with Gasteiger partial charge in [0.15, 0.2) is 0 Å². The molecule has 1 aromatic carbocycles. The van der Waals surface area contributed by atoms with Crippen LogP contribution in [0.3, 0.4) is 0 Å². The molecule has 0 aliphatic heterocycles. The fraction of sp³-hybridized carbons (Fsp3) is 0.286. The van der Waals surface area contributed by atoms with E-state index >= 15 is 0 Å². The van der Waals surface area contributed by atoms with Gasteiger partial charge >= 0.3 is 5.97 Å². The maximum Gasteiger partial charge on any atom is 0.335 e. The maximum absolute atomic E-state index is 10.9. The van der Waals surface area contributed by atoms with E-state index in [9.17, 15) is 4.79 Å². The average Bonchev–Trinajstić information content (AvgIpc) is 2.73. The van der Waals surface area contributed by atoms with Crippen LogP contribution < -0.4 is 4.74 Å². The highest BCUT2D eigenvalue weighted by atomic mass is 32.1. The van der Waals surface area contributed by atoms with Crippen molar-refractivity contribution in [2.45, 2.75) is 27.4 Å². The number of carboxylic acid groups (broad SMARTS) is 1. The van der Waals surface area contributed by atoms with Crippen LogP contribution in [0.2, 0.25) is 0 Å². The average molecular weight is 277 g/mol. The second-order valence-corrected chi connectivity index (χ2v) is 5.45. The van der Waals surface area contributed by atoms with Gasteiger partial charge < -0.3 is 9.84 Å². The van der Waals surface area contributed by atoms with Gasteiger partial charge in [0.05, 0.1) is 16.3 Å². The molecule has 19 heavy (non-hydrogen) atoms. The molecule has 1 N–H and O–H groups in total. The molecule has 4 nitrogen and oxygen atoms in total. The van der Waals surface area contributed by atoms with Crippen molar-refractivity contribution < 1.29 is 14.6 Å². The van der Waals surface area contributed by atoms with Crippen molar-refractivity contribution in [1.82, 2.24) is 4.98 Å². The number of rotatable bonds is 4. The zero-order valence-electron chi connectivity index (χ0n) is 11.1. The van der Waals surface area contributed by atoms with E-state index in [1.165, 1.54) is 0 Å². The third kappa shape index (κ3) is 3.12. The van der Waals surface area contributed by atoms with E-state index in [0.717, 1.165) is 27.6 Å². The summed E-state index contributed by atoms with van der Waals surface area (Å²) in [6.45, 7) is 6.05. The molecule has 0 aliphatic rings. The zero-order valence-corrected chi connectivity index (χ0v) is 11.9. The predicted molar refractivity (Wildman–Crippen MR) is 74.1 cm³/mol. The standard InChI is InChI=1S/C14H15NO3S/c1-8-4-11(14(16)17)5-9(2)13(8)18-6-12-7-19-10(3)15-12/h4-5,7H,6H2,1-3H3,(H,16,17). The lowest BCUT2D eigenvalue weighted by molar-refractivity contribution is 0.0696. The Morgan fingerprint density at radius 2 is 1.95 bits per heavy atom. The Morgan fingerprint density at radius 1 is 1.32 bits per heavy atom. The van der Waals surface area contributed by atoms with Gasteiger partial charge in [-0.1, -0.05) is 0 Å². The molecule has 0 saturated heterocycles. The summed E-state index contributed by atoms with van der Waals surface area (Å²) in [5, 5.41) is 12.0. The van der Waals surface area contributed by atoms with Crippen LogP contribution in [0.4, 0.5) is 0 Å². The Hall–Kier alpha value is -1.88. The SMILES string of the molecule is Cc1nc(COc2c(C)cc(C(=O)O)cc2C)cs1. The molecule has 0 radical (unpaired) electrons. The summed E-state index contributed by atoms with van der Waals surface area (Å²) in [7, 11) is 0. The molecular weight excluding hydrogens is 262 g/mol. The summed E-state index contributed by atoms with van der Waals surface area (Å²) >= 11 is 1.59. The van der Waals surface area contributed by atoms with Crippen LogP contribution in [0.1, 0.15) is 32.2 Å². The second kappa shape index (κ2) is 5.40. The minimum atomic E-state index is -0.923. The van der Waals surface area contributed by atoms with Gasteiger partial charge in [-0.2, -0.15) is 0 Å². The summed E-state index contributed by atoms with van der Waals surface area (Å²) in [5.74, 6) is -0.191. The predicted octanol–water partition coefficient (Wildman–Crippen LogP) is 3.35. The monoisotopic (exact) mass is 277 g/mol. The molecule has 2 aromatic rings. The number of carbonyl (C=O) groups is 1. The number of aromatic carboxylic acids is 1. The number of hydrogen-bond donors (Lipinski definition) is 1. The van der Waals surface area contributed by atoms with E-state index in [2.05, 4.69) is 4.98 Å². The van der Waals surface area contributed by atoms with Crippen molar-refractivity contribution in [1.29, 1.82) is 0 Å². The molecule has 0 atom stereocenters. The van der Waals surface area contributed by atoms with Crippen LogP contribution in [0.5, 0.6) is 5.75 Å². The Balaban J connectivity index is 2.18. The van der Waals surface area contributed by atoms with Crippen molar-refractivity contribution in [2.24, 2.45) is 0 Å². The molecule has 0 saturated carbocycles. The first-order chi connectivity index (χ1) is 8.97. The summed E-state index contributed by atoms with van der Waals surface area (Å²) in [6.07, 6.45) is 0. The summed E-state index contributed by atoms with van der Waals surface area (Å²) < 4.78 is 5.75. The van der Waals surface area contributed by atoms with E-state index < -0.39 is 5.97 Å². The van der Waals surface area contributed by atoms with Crippen molar-refractivity contribution in [2.75, 3.05) is 0 Å². The van der Waals surface area contributed by atoms with E-state index in [0.29, 0.717) is 6.61 Å². The van der Waals surface area contributed by atoms with Crippen molar-refractivity contribution in [3.8, 4) is 5.75 Å². The molecule has 0 unspecified atom stereocenters. The first kappa shape index (κ1) is 13.5. The maximum atomic E-state index is 10.9. The van der Waals surface area contributed by atoms with E-state index in [-0.39, 0.29) is 5.56 Å². The molecule has 1 aromatic heterocycles. The largest absolute Gasteiger partial charge is 0.487 e. The minimum absolute atomic E-state index is 0.284. The fourth-order valence-electron chi connectivity index (χ4n) is 1.92. The smallest absolute Gasteiger partial charge is 0.335 e. The molecule has 5 heteroatoms.